The predicted octanol–water partition coefficient (Wildman–Crippen LogP) is 8.53. The van der Waals surface area contributed by atoms with Crippen LogP contribution in [0.3, 0.4) is 0 Å². The number of benzene rings is 3. The molecule has 4 amide bonds. The number of esters is 1. The van der Waals surface area contributed by atoms with Gasteiger partial charge in [-0.1, -0.05) is 84.3 Å². The van der Waals surface area contributed by atoms with Gasteiger partial charge in [0.05, 0.1) is 39.3 Å². The number of unbranched alkanes of at least 4 members (excludes halogenated alkanes) is 2. The van der Waals surface area contributed by atoms with Gasteiger partial charge in [0.15, 0.2) is 0 Å². The number of anilines is 1. The van der Waals surface area contributed by atoms with Crippen molar-refractivity contribution in [2.24, 2.45) is 16.2 Å². The number of thiazole rings is 1. The number of nitrogens with one attached hydrogen (secondary N) is 5. The Balaban J connectivity index is 0.844. The quantitative estimate of drug-likeness (QED) is 0.0393. The number of aryl methyl sites for hydroxylation is 1. The van der Waals surface area contributed by atoms with Crippen LogP contribution in [0.15, 0.2) is 72.2 Å². The van der Waals surface area contributed by atoms with Gasteiger partial charge in [-0.05, 0) is 105 Å². The van der Waals surface area contributed by atoms with Crippen LogP contribution < -0.4 is 31.3 Å². The van der Waals surface area contributed by atoms with Gasteiger partial charge in [0.1, 0.15) is 48.8 Å². The van der Waals surface area contributed by atoms with Crippen molar-refractivity contribution >= 4 is 58.2 Å². The lowest BCUT2D eigenvalue weighted by Gasteiger charge is -2.63. The average molecular weight is 1070 g/mol. The highest BCUT2D eigenvalue weighted by molar-refractivity contribution is 7.13. The largest absolute Gasteiger partial charge is 0.489 e. The lowest BCUT2D eigenvalue weighted by atomic mass is 9.49. The summed E-state index contributed by atoms with van der Waals surface area (Å²) in [5.41, 5.74) is 5.01. The minimum absolute atomic E-state index is 0.0128. The van der Waals surface area contributed by atoms with Gasteiger partial charge in [-0.25, -0.2) is 4.98 Å². The summed E-state index contributed by atoms with van der Waals surface area (Å²) in [5, 5.41) is 25.4. The second-order valence-electron chi connectivity index (χ2n) is 22.4. The first-order valence-corrected chi connectivity index (χ1v) is 27.3. The van der Waals surface area contributed by atoms with E-state index in [4.69, 9.17) is 25.8 Å². The molecule has 3 aliphatic rings. The molecule has 3 aromatic carbocycles. The number of likely N-dealkylation sites (tertiary alicyclic amines) is 1. The fourth-order valence-electron chi connectivity index (χ4n) is 10.9. The highest BCUT2D eigenvalue weighted by Crippen LogP contribution is 2.55. The number of carbonyl (C=O) groups is 5. The van der Waals surface area contributed by atoms with E-state index in [0.717, 1.165) is 53.2 Å². The first kappa shape index (κ1) is 56.7. The number of halogens is 1. The van der Waals surface area contributed by atoms with Crippen LogP contribution in [0, 0.1) is 34.5 Å². The summed E-state index contributed by atoms with van der Waals surface area (Å²) in [4.78, 5) is 75.5. The Morgan fingerprint density at radius 1 is 0.973 bits per heavy atom. The molecule has 1 unspecified atom stereocenters. The summed E-state index contributed by atoms with van der Waals surface area (Å²) >= 11 is 7.82. The summed E-state index contributed by atoms with van der Waals surface area (Å²) in [5.74, 6) is -1.25. The maximum absolute atomic E-state index is 14.6. The van der Waals surface area contributed by atoms with Crippen LogP contribution in [-0.2, 0) is 28.7 Å². The molecule has 16 nitrogen and oxygen atoms in total. The number of amides is 4. The molecule has 2 aliphatic heterocycles. The second-order valence-corrected chi connectivity index (χ2v) is 23.6. The van der Waals surface area contributed by atoms with Gasteiger partial charge in [0.2, 0.25) is 17.7 Å². The Bertz CT molecular complexity index is 2690. The van der Waals surface area contributed by atoms with Gasteiger partial charge >= 0.3 is 5.97 Å². The van der Waals surface area contributed by atoms with Crippen molar-refractivity contribution in [3.05, 3.63) is 99.6 Å². The molecule has 5 N–H and O–H groups in total. The van der Waals surface area contributed by atoms with Crippen molar-refractivity contribution in [3.8, 4) is 22.3 Å². The summed E-state index contributed by atoms with van der Waals surface area (Å²) in [7, 11) is 0. The molecule has 0 bridgehead atoms. The average Bonchev–Trinajstić information content (AvgIpc) is 4.17. The first-order valence-electron chi connectivity index (χ1n) is 26.0. The van der Waals surface area contributed by atoms with Crippen molar-refractivity contribution in [1.82, 2.24) is 31.2 Å². The van der Waals surface area contributed by atoms with Crippen molar-refractivity contribution in [1.29, 1.82) is 5.26 Å². The van der Waals surface area contributed by atoms with Crippen LogP contribution in [0.4, 0.5) is 5.69 Å². The molecule has 1 aliphatic carbocycles. The summed E-state index contributed by atoms with van der Waals surface area (Å²) in [6.07, 6.45) is 3.13. The summed E-state index contributed by atoms with van der Waals surface area (Å²) in [6.45, 7) is 19.2. The molecular formula is C57H73ClN8O8S. The number of hydrogen-bond donors (Lipinski definition) is 5. The third-order valence-corrected chi connectivity index (χ3v) is 16.1. The fraction of sp³-hybridized carbons (Fsp3) is 0.526. The lowest BCUT2D eigenvalue weighted by molar-refractivity contribution is -0.164. The van der Waals surface area contributed by atoms with Gasteiger partial charge in [-0.2, -0.15) is 5.26 Å². The standard InChI is InChI=1S/C57H73ClN8O8S/c1-34(36-15-17-37(18-16-36)47-35(2)62-33-75-47)63-50(69)45-29-42(73-52(71)44-14-13-26-61-44)31-66(45)51(70)48(55(3,4)5)64-46(67)32-72-27-12-10-11-25-60-40-22-19-38(20-23-40)49(68)65-53-56(6,7)54(57(53,8)9)74-41-24-21-39(30-59)43(58)28-41/h15-24,28,33-34,42,44-45,48,53-54,60-61H,10-14,25-27,29,31-32H2,1-9H3,(H,63,69)(H,64,67)(H,65,68)/t34-,42+,44?,45-,48+,53-,54-/m0/s1. The number of aromatic nitrogens is 1. The van der Waals surface area contributed by atoms with Crippen molar-refractivity contribution in [3.63, 3.8) is 0 Å². The Morgan fingerprint density at radius 2 is 1.69 bits per heavy atom. The maximum atomic E-state index is 14.6. The molecular weight excluding hydrogens is 992 g/mol. The second kappa shape index (κ2) is 24.3. The minimum atomic E-state index is -0.998. The molecule has 5 atom stereocenters. The van der Waals surface area contributed by atoms with E-state index in [0.29, 0.717) is 47.9 Å². The highest BCUT2D eigenvalue weighted by atomic mass is 35.5. The summed E-state index contributed by atoms with van der Waals surface area (Å²) in [6, 6.07) is 19.5. The SMILES string of the molecule is Cc1ncsc1-c1ccc([C@H](C)NC(=O)[C@@H]2C[C@@H](OC(=O)C3CCCN3)CN2C(=O)[C@@H](NC(=O)COCCCCCNc2ccc(C(=O)N[C@H]3C(C)(C)[C@H](Oc4ccc(C#N)c(Cl)c4)C3(C)C)cc2)C(C)(C)C)cc1. The monoisotopic (exact) mass is 1060 g/mol. The zero-order valence-electron chi connectivity index (χ0n) is 44.6. The molecule has 1 aromatic heterocycles. The van der Waals surface area contributed by atoms with E-state index in [-0.39, 0.29) is 60.4 Å². The Labute approximate surface area is 450 Å². The molecule has 3 heterocycles. The van der Waals surface area contributed by atoms with E-state index < -0.39 is 47.4 Å². The van der Waals surface area contributed by atoms with Crippen LogP contribution in [0.1, 0.15) is 127 Å². The van der Waals surface area contributed by atoms with Gasteiger partial charge < -0.3 is 45.7 Å². The molecule has 7 rings (SSSR count). The van der Waals surface area contributed by atoms with Crippen LogP contribution in [0.2, 0.25) is 5.02 Å². The van der Waals surface area contributed by atoms with Crippen LogP contribution in [0.5, 0.6) is 5.75 Å². The molecule has 1 saturated carbocycles. The van der Waals surface area contributed by atoms with Gasteiger partial charge in [-0.15, -0.1) is 11.3 Å². The zero-order chi connectivity index (χ0) is 54.2. The molecule has 4 aromatic rings. The van der Waals surface area contributed by atoms with Crippen molar-refractivity contribution in [2.75, 3.05) is 38.2 Å². The van der Waals surface area contributed by atoms with Gasteiger partial charge in [0, 0.05) is 53.8 Å². The topological polar surface area (TPSA) is 213 Å². The molecule has 75 heavy (non-hydrogen) atoms. The number of ether oxygens (including phenoxy) is 3. The Kier molecular flexibility index (Phi) is 18.4. The number of carbonyl (C=O) groups excluding carboxylic acids is 5. The normalized spacial score (nSPS) is 21.5. The van der Waals surface area contributed by atoms with E-state index in [1.165, 1.54) is 4.90 Å². The lowest BCUT2D eigenvalue weighted by Crippen LogP contribution is -2.74. The van der Waals surface area contributed by atoms with Crippen LogP contribution >= 0.6 is 22.9 Å². The van der Waals surface area contributed by atoms with E-state index >= 15 is 0 Å². The van der Waals surface area contributed by atoms with E-state index in [1.54, 1.807) is 41.7 Å². The number of nitriles is 1. The number of hydrogen-bond acceptors (Lipinski definition) is 13. The zero-order valence-corrected chi connectivity index (χ0v) is 46.2. The minimum Gasteiger partial charge on any atom is -0.489 e. The van der Waals surface area contributed by atoms with Gasteiger partial charge in [0.25, 0.3) is 5.91 Å². The van der Waals surface area contributed by atoms with Crippen LogP contribution in [0.25, 0.3) is 10.4 Å². The smallest absolute Gasteiger partial charge is 0.323 e. The van der Waals surface area contributed by atoms with Crippen molar-refractivity contribution < 1.29 is 38.2 Å². The van der Waals surface area contributed by atoms with E-state index in [9.17, 15) is 29.2 Å². The summed E-state index contributed by atoms with van der Waals surface area (Å²) < 4.78 is 18.1. The third kappa shape index (κ3) is 13.7. The molecule has 402 valence electrons. The fourth-order valence-corrected chi connectivity index (χ4v) is 11.9. The van der Waals surface area contributed by atoms with Crippen LogP contribution in [-0.4, -0.2) is 109 Å². The third-order valence-electron chi connectivity index (χ3n) is 14.8. The van der Waals surface area contributed by atoms with Gasteiger partial charge in [-0.3, -0.25) is 24.0 Å². The molecule has 0 radical (unpaired) electrons. The highest BCUT2D eigenvalue weighted by Gasteiger charge is 2.64. The molecule has 0 spiro atoms. The molecule has 2 saturated heterocycles. The first-order chi connectivity index (χ1) is 35.6. The predicted molar refractivity (Wildman–Crippen MR) is 290 cm³/mol. The van der Waals surface area contributed by atoms with Crippen molar-refractivity contribution in [2.45, 2.75) is 143 Å². The molecule has 18 heteroatoms. The molecule has 3 fully saturated rings. The Hall–Kier alpha value is -6.06. The maximum Gasteiger partial charge on any atom is 0.323 e. The number of rotatable bonds is 21. The number of nitrogens with zero attached hydrogens (tertiary/aromatic N) is 3. The van der Waals surface area contributed by atoms with E-state index in [2.05, 4.69) is 65.3 Å². The van der Waals surface area contributed by atoms with E-state index in [1.807, 2.05) is 76.5 Å². The Morgan fingerprint density at radius 3 is 2.32 bits per heavy atom.